The Hall–Kier alpha value is -2.91. The van der Waals surface area contributed by atoms with Gasteiger partial charge < -0.3 is 15.3 Å². The summed E-state index contributed by atoms with van der Waals surface area (Å²) in [4.78, 5) is 14.0. The van der Waals surface area contributed by atoms with Crippen LogP contribution in [-0.2, 0) is 6.42 Å². The monoisotopic (exact) mass is 381 g/mol. The Bertz CT molecular complexity index is 843. The number of amides is 2. The van der Waals surface area contributed by atoms with Crippen LogP contribution in [0.4, 0.5) is 14.9 Å². The predicted molar refractivity (Wildman–Crippen MR) is 105 cm³/mol. The fraction of sp³-hybridized carbons (Fsp3) is 0.364. The van der Waals surface area contributed by atoms with Gasteiger partial charge in [-0.05, 0) is 55.4 Å². The van der Waals surface area contributed by atoms with E-state index in [1.165, 1.54) is 17.7 Å². The molecule has 1 unspecified atom stereocenters. The Morgan fingerprint density at radius 3 is 2.61 bits per heavy atom. The molecule has 6 heteroatoms. The molecule has 28 heavy (non-hydrogen) atoms. The largest absolute Gasteiger partial charge is 0.393 e. The Morgan fingerprint density at radius 1 is 1.25 bits per heavy atom. The summed E-state index contributed by atoms with van der Waals surface area (Å²) in [6, 6.07) is 15.5. The van der Waals surface area contributed by atoms with E-state index in [1.807, 2.05) is 24.3 Å². The van der Waals surface area contributed by atoms with Gasteiger partial charge in [-0.15, -0.1) is 0 Å². The number of urea groups is 1. The Kier molecular flexibility index (Phi) is 6.62. The van der Waals surface area contributed by atoms with Crippen molar-refractivity contribution in [1.82, 2.24) is 4.90 Å². The molecule has 1 fully saturated rings. The van der Waals surface area contributed by atoms with Gasteiger partial charge in [0.05, 0.1) is 23.4 Å². The topological polar surface area (TPSA) is 76.4 Å². The van der Waals surface area contributed by atoms with E-state index in [-0.39, 0.29) is 29.3 Å². The number of aliphatic hydroxyl groups excluding tert-OH is 1. The van der Waals surface area contributed by atoms with E-state index in [0.29, 0.717) is 19.5 Å². The number of aliphatic hydroxyl groups is 1. The number of hydrogen-bond acceptors (Lipinski definition) is 3. The third-order valence-electron chi connectivity index (χ3n) is 5.28. The third-order valence-corrected chi connectivity index (χ3v) is 5.28. The van der Waals surface area contributed by atoms with Gasteiger partial charge in [0.15, 0.2) is 0 Å². The van der Waals surface area contributed by atoms with Crippen LogP contribution in [0, 0.1) is 23.1 Å². The second-order valence-electron chi connectivity index (χ2n) is 7.15. The molecule has 2 aromatic rings. The number of anilines is 1. The molecule has 2 amide bonds. The van der Waals surface area contributed by atoms with Crippen LogP contribution in [0.15, 0.2) is 48.5 Å². The van der Waals surface area contributed by atoms with Crippen molar-refractivity contribution in [3.8, 4) is 6.07 Å². The second kappa shape index (κ2) is 9.34. The van der Waals surface area contributed by atoms with Crippen LogP contribution < -0.4 is 5.32 Å². The summed E-state index contributed by atoms with van der Waals surface area (Å²) < 4.78 is 13.9. The van der Waals surface area contributed by atoms with E-state index in [9.17, 15) is 14.3 Å². The highest BCUT2D eigenvalue weighted by molar-refractivity contribution is 5.89. The zero-order valence-electron chi connectivity index (χ0n) is 15.6. The third kappa shape index (κ3) is 5.08. The van der Waals surface area contributed by atoms with Crippen LogP contribution >= 0.6 is 0 Å². The summed E-state index contributed by atoms with van der Waals surface area (Å²) in [5.41, 5.74) is 1.48. The van der Waals surface area contributed by atoms with Crippen LogP contribution in [0.25, 0.3) is 0 Å². The van der Waals surface area contributed by atoms with E-state index in [0.717, 1.165) is 25.3 Å². The standard InChI is InChI=1S/C22H24FN3O2/c23-19-14-17(15-24)6-8-20(19)25-22(28)26-12-10-18(11-13-26)21(27)9-7-16-4-2-1-3-5-16/h1-6,8,14,18,21,27H,7,9-13H2,(H,25,28). The maximum absolute atomic E-state index is 13.9. The number of nitrogens with one attached hydrogen (secondary N) is 1. The number of hydrogen-bond donors (Lipinski definition) is 2. The summed E-state index contributed by atoms with van der Waals surface area (Å²) in [7, 11) is 0. The van der Waals surface area contributed by atoms with E-state index < -0.39 is 5.82 Å². The van der Waals surface area contributed by atoms with Crippen LogP contribution in [-0.4, -0.2) is 35.2 Å². The zero-order chi connectivity index (χ0) is 19.9. The number of halogens is 1. The minimum Gasteiger partial charge on any atom is -0.393 e. The molecule has 0 bridgehead atoms. The maximum atomic E-state index is 13.9. The van der Waals surface area contributed by atoms with Crippen LogP contribution in [0.5, 0.6) is 0 Å². The number of likely N-dealkylation sites (tertiary alicyclic amines) is 1. The van der Waals surface area contributed by atoms with Gasteiger partial charge in [-0.2, -0.15) is 5.26 Å². The molecular weight excluding hydrogens is 357 g/mol. The lowest BCUT2D eigenvalue weighted by Crippen LogP contribution is -2.43. The minimum absolute atomic E-state index is 0.0639. The summed E-state index contributed by atoms with van der Waals surface area (Å²) in [5, 5.41) is 21.8. The van der Waals surface area contributed by atoms with Gasteiger partial charge in [0.2, 0.25) is 0 Å². The number of nitriles is 1. The molecule has 0 saturated carbocycles. The van der Waals surface area contributed by atoms with Gasteiger partial charge >= 0.3 is 6.03 Å². The lowest BCUT2D eigenvalue weighted by molar-refractivity contribution is 0.0626. The van der Waals surface area contributed by atoms with E-state index in [4.69, 9.17) is 5.26 Å². The highest BCUT2D eigenvalue weighted by Crippen LogP contribution is 2.24. The Labute approximate surface area is 164 Å². The molecule has 146 valence electrons. The second-order valence-corrected chi connectivity index (χ2v) is 7.15. The van der Waals surface area contributed by atoms with Gasteiger partial charge in [-0.1, -0.05) is 30.3 Å². The van der Waals surface area contributed by atoms with E-state index >= 15 is 0 Å². The van der Waals surface area contributed by atoms with Gasteiger partial charge in [-0.3, -0.25) is 0 Å². The number of carbonyl (C=O) groups is 1. The number of aryl methyl sites for hydroxylation is 1. The van der Waals surface area contributed by atoms with Crippen molar-refractivity contribution in [1.29, 1.82) is 5.26 Å². The maximum Gasteiger partial charge on any atom is 0.321 e. The molecule has 3 rings (SSSR count). The van der Waals surface area contributed by atoms with Crippen molar-refractivity contribution < 1.29 is 14.3 Å². The Balaban J connectivity index is 1.46. The molecule has 1 aliphatic heterocycles. The first kappa shape index (κ1) is 19.8. The molecule has 0 aliphatic carbocycles. The average molecular weight is 381 g/mol. The molecule has 1 saturated heterocycles. The van der Waals surface area contributed by atoms with Crippen molar-refractivity contribution >= 4 is 11.7 Å². The van der Waals surface area contributed by atoms with Gasteiger partial charge in [0.1, 0.15) is 5.82 Å². The van der Waals surface area contributed by atoms with Gasteiger partial charge in [0, 0.05) is 13.1 Å². The van der Waals surface area contributed by atoms with E-state index in [2.05, 4.69) is 17.4 Å². The first-order valence-corrected chi connectivity index (χ1v) is 9.54. The SMILES string of the molecule is N#Cc1ccc(NC(=O)N2CCC(C(O)CCc3ccccc3)CC2)c(F)c1. The smallest absolute Gasteiger partial charge is 0.321 e. The van der Waals surface area contributed by atoms with Crippen molar-refractivity contribution in [2.45, 2.75) is 31.8 Å². The molecule has 0 spiro atoms. The van der Waals surface area contributed by atoms with Crippen LogP contribution in [0.3, 0.4) is 0 Å². The highest BCUT2D eigenvalue weighted by Gasteiger charge is 2.27. The number of benzene rings is 2. The fourth-order valence-electron chi connectivity index (χ4n) is 3.56. The van der Waals surface area contributed by atoms with Crippen molar-refractivity contribution in [2.75, 3.05) is 18.4 Å². The molecule has 1 aliphatic rings. The van der Waals surface area contributed by atoms with Crippen LogP contribution in [0.1, 0.15) is 30.4 Å². The molecule has 0 radical (unpaired) electrons. The minimum atomic E-state index is -0.626. The van der Waals surface area contributed by atoms with Gasteiger partial charge in [0.25, 0.3) is 0 Å². The van der Waals surface area contributed by atoms with E-state index in [1.54, 1.807) is 4.90 Å². The van der Waals surface area contributed by atoms with Crippen LogP contribution in [0.2, 0.25) is 0 Å². The number of piperidine rings is 1. The average Bonchev–Trinajstić information content (AvgIpc) is 2.74. The summed E-state index contributed by atoms with van der Waals surface area (Å²) in [6.45, 7) is 1.05. The summed E-state index contributed by atoms with van der Waals surface area (Å²) >= 11 is 0. The number of carbonyl (C=O) groups excluding carboxylic acids is 1. The lowest BCUT2D eigenvalue weighted by Gasteiger charge is -2.34. The lowest BCUT2D eigenvalue weighted by atomic mass is 9.88. The molecule has 0 aromatic heterocycles. The van der Waals surface area contributed by atoms with Crippen molar-refractivity contribution in [2.24, 2.45) is 5.92 Å². The number of nitrogens with zero attached hydrogens (tertiary/aromatic N) is 2. The fourth-order valence-corrected chi connectivity index (χ4v) is 3.56. The quantitative estimate of drug-likeness (QED) is 0.824. The Morgan fingerprint density at radius 2 is 1.96 bits per heavy atom. The predicted octanol–water partition coefficient (Wildman–Crippen LogP) is 3.93. The molecule has 1 heterocycles. The zero-order valence-corrected chi connectivity index (χ0v) is 15.6. The number of rotatable bonds is 5. The normalized spacial score (nSPS) is 15.7. The molecule has 2 aromatic carbocycles. The summed E-state index contributed by atoms with van der Waals surface area (Å²) in [5.74, 6) is -0.460. The molecule has 1 atom stereocenters. The molecule has 5 nitrogen and oxygen atoms in total. The molecule has 2 N–H and O–H groups in total. The first-order chi connectivity index (χ1) is 13.6. The highest BCUT2D eigenvalue weighted by atomic mass is 19.1. The summed E-state index contributed by atoms with van der Waals surface area (Å²) in [6.07, 6.45) is 2.59. The van der Waals surface area contributed by atoms with Crippen molar-refractivity contribution in [3.63, 3.8) is 0 Å². The van der Waals surface area contributed by atoms with Gasteiger partial charge in [-0.25, -0.2) is 9.18 Å². The molecular formula is C22H24FN3O2. The first-order valence-electron chi connectivity index (χ1n) is 9.54. The van der Waals surface area contributed by atoms with Crippen molar-refractivity contribution in [3.05, 3.63) is 65.5 Å².